The van der Waals surface area contributed by atoms with E-state index in [-0.39, 0.29) is 5.56 Å². The van der Waals surface area contributed by atoms with Gasteiger partial charge in [-0.25, -0.2) is 0 Å². The molecule has 2 aromatic carbocycles. The smallest absolute Gasteiger partial charge is 0.287 e. The number of aromatic nitrogens is 1. The van der Waals surface area contributed by atoms with Crippen LogP contribution >= 0.6 is 38.5 Å². The lowest BCUT2D eigenvalue weighted by Crippen LogP contribution is -2.03. The molecular formula is C15H10BrIN2O2. The predicted molar refractivity (Wildman–Crippen MR) is 94.9 cm³/mol. The molecule has 1 heterocycles. The van der Waals surface area contributed by atoms with Crippen LogP contribution in [-0.2, 0) is 0 Å². The topological polar surface area (TPSA) is 58.0 Å². The second-order valence-corrected chi connectivity index (χ2v) is 6.56. The SMILES string of the molecule is O=c1[nH]occ1-c1cc(Br)ccc1Nc1ccc(I)cc1. The molecule has 106 valence electrons. The van der Waals surface area contributed by atoms with Gasteiger partial charge in [-0.15, -0.1) is 0 Å². The van der Waals surface area contributed by atoms with Gasteiger partial charge in [-0.1, -0.05) is 15.9 Å². The van der Waals surface area contributed by atoms with Gasteiger partial charge in [0.05, 0.1) is 5.56 Å². The van der Waals surface area contributed by atoms with Crippen molar-refractivity contribution in [3.8, 4) is 11.1 Å². The van der Waals surface area contributed by atoms with Gasteiger partial charge in [0.1, 0.15) is 6.26 Å². The fourth-order valence-corrected chi connectivity index (χ4v) is 2.69. The third kappa shape index (κ3) is 3.21. The maximum atomic E-state index is 11.8. The molecule has 0 amide bonds. The Morgan fingerprint density at radius 1 is 1.10 bits per heavy atom. The Labute approximate surface area is 142 Å². The summed E-state index contributed by atoms with van der Waals surface area (Å²) in [4.78, 5) is 11.8. The molecule has 0 unspecified atom stereocenters. The Hall–Kier alpha value is -1.54. The number of rotatable bonds is 3. The van der Waals surface area contributed by atoms with E-state index in [1.807, 2.05) is 42.5 Å². The first-order valence-electron chi connectivity index (χ1n) is 6.12. The molecule has 3 aromatic rings. The van der Waals surface area contributed by atoms with Crippen molar-refractivity contribution < 1.29 is 4.52 Å². The number of aromatic amines is 1. The number of anilines is 2. The summed E-state index contributed by atoms with van der Waals surface area (Å²) < 4.78 is 6.94. The summed E-state index contributed by atoms with van der Waals surface area (Å²) in [6.07, 6.45) is 1.42. The van der Waals surface area contributed by atoms with Crippen molar-refractivity contribution in [3.05, 3.63) is 67.1 Å². The summed E-state index contributed by atoms with van der Waals surface area (Å²) in [5.41, 5.74) is 2.81. The molecule has 0 saturated carbocycles. The molecule has 0 aliphatic rings. The minimum atomic E-state index is -0.251. The van der Waals surface area contributed by atoms with Gasteiger partial charge in [-0.05, 0) is 65.1 Å². The van der Waals surface area contributed by atoms with Gasteiger partial charge in [-0.3, -0.25) is 4.79 Å². The molecule has 3 rings (SSSR count). The van der Waals surface area contributed by atoms with E-state index in [4.69, 9.17) is 4.52 Å². The maximum absolute atomic E-state index is 11.8. The van der Waals surface area contributed by atoms with Crippen molar-refractivity contribution in [2.24, 2.45) is 0 Å². The van der Waals surface area contributed by atoms with Crippen LogP contribution < -0.4 is 10.9 Å². The first kappa shape index (κ1) is 14.4. The van der Waals surface area contributed by atoms with Crippen LogP contribution in [0.25, 0.3) is 11.1 Å². The lowest BCUT2D eigenvalue weighted by atomic mass is 10.1. The molecule has 21 heavy (non-hydrogen) atoms. The molecule has 0 saturated heterocycles. The summed E-state index contributed by atoms with van der Waals surface area (Å²) in [6.45, 7) is 0. The van der Waals surface area contributed by atoms with E-state index in [1.165, 1.54) is 9.83 Å². The van der Waals surface area contributed by atoms with Crippen LogP contribution in [0.4, 0.5) is 11.4 Å². The van der Waals surface area contributed by atoms with Crippen molar-refractivity contribution in [2.75, 3.05) is 5.32 Å². The van der Waals surface area contributed by atoms with Crippen molar-refractivity contribution in [2.45, 2.75) is 0 Å². The Morgan fingerprint density at radius 3 is 2.52 bits per heavy atom. The van der Waals surface area contributed by atoms with E-state index < -0.39 is 0 Å². The van der Waals surface area contributed by atoms with Crippen LogP contribution in [0.2, 0.25) is 0 Å². The molecule has 4 nitrogen and oxygen atoms in total. The van der Waals surface area contributed by atoms with Crippen LogP contribution in [0.3, 0.4) is 0 Å². The van der Waals surface area contributed by atoms with Crippen LogP contribution in [0, 0.1) is 3.57 Å². The molecule has 0 aliphatic carbocycles. The molecule has 0 radical (unpaired) electrons. The van der Waals surface area contributed by atoms with Gasteiger partial charge in [-0.2, -0.15) is 5.16 Å². The average molecular weight is 457 g/mol. The lowest BCUT2D eigenvalue weighted by molar-refractivity contribution is 0.414. The number of nitrogens with one attached hydrogen (secondary N) is 2. The number of benzene rings is 2. The molecular weight excluding hydrogens is 447 g/mol. The second kappa shape index (κ2) is 6.07. The molecule has 0 bridgehead atoms. The quantitative estimate of drug-likeness (QED) is 0.559. The zero-order valence-corrected chi connectivity index (χ0v) is 14.4. The third-order valence-corrected chi connectivity index (χ3v) is 4.18. The van der Waals surface area contributed by atoms with Gasteiger partial charge >= 0.3 is 0 Å². The highest BCUT2D eigenvalue weighted by atomic mass is 127. The van der Waals surface area contributed by atoms with E-state index >= 15 is 0 Å². The van der Waals surface area contributed by atoms with Crippen molar-refractivity contribution in [1.82, 2.24) is 5.16 Å². The van der Waals surface area contributed by atoms with E-state index in [0.717, 1.165) is 21.4 Å². The molecule has 0 atom stereocenters. The first-order chi connectivity index (χ1) is 10.1. The summed E-state index contributed by atoms with van der Waals surface area (Å²) in [6, 6.07) is 13.8. The third-order valence-electron chi connectivity index (χ3n) is 2.97. The summed E-state index contributed by atoms with van der Waals surface area (Å²) in [5.74, 6) is 0. The predicted octanol–water partition coefficient (Wildman–Crippen LogP) is 4.75. The normalized spacial score (nSPS) is 10.6. The summed E-state index contributed by atoms with van der Waals surface area (Å²) >= 11 is 5.69. The van der Waals surface area contributed by atoms with Gasteiger partial charge in [0.25, 0.3) is 5.56 Å². The number of hydrogen-bond donors (Lipinski definition) is 2. The highest BCUT2D eigenvalue weighted by molar-refractivity contribution is 14.1. The van der Waals surface area contributed by atoms with Crippen LogP contribution in [-0.4, -0.2) is 5.16 Å². The van der Waals surface area contributed by atoms with E-state index in [9.17, 15) is 4.79 Å². The zero-order chi connectivity index (χ0) is 14.8. The second-order valence-electron chi connectivity index (χ2n) is 4.40. The average Bonchev–Trinajstić information content (AvgIpc) is 2.89. The largest absolute Gasteiger partial charge is 0.386 e. The van der Waals surface area contributed by atoms with E-state index in [1.54, 1.807) is 0 Å². The van der Waals surface area contributed by atoms with Gasteiger partial charge in [0.2, 0.25) is 0 Å². The monoisotopic (exact) mass is 456 g/mol. The van der Waals surface area contributed by atoms with E-state index in [0.29, 0.717) is 5.56 Å². The number of H-pyrrole nitrogens is 1. The number of halogens is 2. The zero-order valence-electron chi connectivity index (χ0n) is 10.7. The Kier molecular flexibility index (Phi) is 4.16. The molecule has 0 aliphatic heterocycles. The Morgan fingerprint density at radius 2 is 1.86 bits per heavy atom. The van der Waals surface area contributed by atoms with Gasteiger partial charge in [0.15, 0.2) is 0 Å². The van der Waals surface area contributed by atoms with Crippen LogP contribution in [0.15, 0.2) is 62.5 Å². The van der Waals surface area contributed by atoms with Crippen molar-refractivity contribution in [1.29, 1.82) is 0 Å². The maximum Gasteiger partial charge on any atom is 0.287 e. The van der Waals surface area contributed by atoms with Crippen LogP contribution in [0.5, 0.6) is 0 Å². The van der Waals surface area contributed by atoms with Gasteiger partial charge < -0.3 is 9.84 Å². The lowest BCUT2D eigenvalue weighted by Gasteiger charge is -2.11. The molecule has 2 N–H and O–H groups in total. The van der Waals surface area contributed by atoms with Gasteiger partial charge in [0, 0.05) is 25.0 Å². The Balaban J connectivity index is 2.04. The van der Waals surface area contributed by atoms with E-state index in [2.05, 4.69) is 49.0 Å². The minimum absolute atomic E-state index is 0.251. The van der Waals surface area contributed by atoms with Crippen LogP contribution in [0.1, 0.15) is 0 Å². The molecule has 6 heteroatoms. The standard InChI is InChI=1S/C15H10BrIN2O2/c16-9-1-6-14(18-11-4-2-10(17)3-5-11)12(7-9)13-8-21-19-15(13)20/h1-8,18H,(H,19,20). The summed E-state index contributed by atoms with van der Waals surface area (Å²) in [7, 11) is 0. The van der Waals surface area contributed by atoms with Crippen molar-refractivity contribution >= 4 is 49.9 Å². The minimum Gasteiger partial charge on any atom is -0.386 e. The fraction of sp³-hybridized carbons (Fsp3) is 0. The highest BCUT2D eigenvalue weighted by Crippen LogP contribution is 2.31. The molecule has 0 fully saturated rings. The highest BCUT2D eigenvalue weighted by Gasteiger charge is 2.12. The first-order valence-corrected chi connectivity index (χ1v) is 7.99. The number of hydrogen-bond acceptors (Lipinski definition) is 3. The fourth-order valence-electron chi connectivity index (χ4n) is 1.97. The Bertz CT molecular complexity index is 824. The summed E-state index contributed by atoms with van der Waals surface area (Å²) in [5, 5.41) is 5.63. The molecule has 0 spiro atoms. The molecule has 1 aromatic heterocycles. The van der Waals surface area contributed by atoms with Crippen molar-refractivity contribution in [3.63, 3.8) is 0 Å².